The largest absolute Gasteiger partial charge is 0.308 e. The van der Waals surface area contributed by atoms with Crippen LogP contribution in [0, 0.1) is 0 Å². The highest BCUT2D eigenvalue weighted by Gasteiger charge is 2.30. The summed E-state index contributed by atoms with van der Waals surface area (Å²) in [6.07, 6.45) is 1.88. The van der Waals surface area contributed by atoms with E-state index in [0.717, 1.165) is 13.1 Å². The van der Waals surface area contributed by atoms with Crippen LogP contribution in [0.2, 0.25) is 0 Å². The summed E-state index contributed by atoms with van der Waals surface area (Å²) in [5.41, 5.74) is 1.17. The highest BCUT2D eigenvalue weighted by atomic mass is 32.2. The molecule has 1 aliphatic heterocycles. The number of thioether (sulfide) groups is 1. The van der Waals surface area contributed by atoms with E-state index in [0.29, 0.717) is 12.1 Å². The first-order valence-corrected chi connectivity index (χ1v) is 7.25. The normalized spacial score (nSPS) is 23.8. The van der Waals surface area contributed by atoms with Crippen LogP contribution in [0.5, 0.6) is 0 Å². The van der Waals surface area contributed by atoms with Gasteiger partial charge in [0.05, 0.1) is 17.9 Å². The summed E-state index contributed by atoms with van der Waals surface area (Å²) in [4.78, 5) is 2.44. The highest BCUT2D eigenvalue weighted by molar-refractivity contribution is 7.99. The molecule has 1 aromatic rings. The van der Waals surface area contributed by atoms with Crippen LogP contribution in [-0.2, 0) is 7.05 Å². The Hall–Kier alpha value is -0.590. The molecular weight excluding hydrogens is 234 g/mol. The van der Waals surface area contributed by atoms with Crippen LogP contribution in [0.3, 0.4) is 0 Å². The minimum atomic E-state index is 0.317. The number of nitrogens with zero attached hydrogens (tertiary/aromatic N) is 4. The van der Waals surface area contributed by atoms with Gasteiger partial charge in [0.1, 0.15) is 0 Å². The monoisotopic (exact) mass is 255 g/mol. The fraction of sp³-hybridized carbons (Fsp3) is 0.818. The van der Waals surface area contributed by atoms with Gasteiger partial charge >= 0.3 is 0 Å². The second kappa shape index (κ2) is 5.84. The fourth-order valence-electron chi connectivity index (χ4n) is 2.29. The number of hydrogen-bond acceptors (Lipinski definition) is 5. The van der Waals surface area contributed by atoms with Crippen molar-refractivity contribution in [3.05, 3.63) is 11.9 Å². The van der Waals surface area contributed by atoms with Crippen molar-refractivity contribution >= 4 is 11.8 Å². The molecule has 2 atom stereocenters. The van der Waals surface area contributed by atoms with E-state index in [1.54, 1.807) is 0 Å². The van der Waals surface area contributed by atoms with Gasteiger partial charge in [-0.25, -0.2) is 0 Å². The number of likely N-dealkylation sites (N-methyl/N-ethyl adjacent to an activating group) is 2. The van der Waals surface area contributed by atoms with Crippen molar-refractivity contribution in [1.82, 2.24) is 25.2 Å². The summed E-state index contributed by atoms with van der Waals surface area (Å²) in [5.74, 6) is 2.40. The first-order chi connectivity index (χ1) is 8.24. The molecule has 0 amide bonds. The predicted octanol–water partition coefficient (Wildman–Crippen LogP) is 0.513. The Kier molecular flexibility index (Phi) is 4.42. The van der Waals surface area contributed by atoms with Gasteiger partial charge in [-0.2, -0.15) is 11.8 Å². The van der Waals surface area contributed by atoms with Crippen molar-refractivity contribution < 1.29 is 0 Å². The van der Waals surface area contributed by atoms with Gasteiger partial charge in [0, 0.05) is 31.1 Å². The maximum absolute atomic E-state index is 4.04. The quantitative estimate of drug-likeness (QED) is 0.849. The average molecular weight is 255 g/mol. The van der Waals surface area contributed by atoms with Gasteiger partial charge < -0.3 is 5.32 Å². The van der Waals surface area contributed by atoms with Crippen LogP contribution in [0.25, 0.3) is 0 Å². The summed E-state index contributed by atoms with van der Waals surface area (Å²) in [7, 11) is 4.17. The van der Waals surface area contributed by atoms with Crippen LogP contribution in [0.15, 0.2) is 6.20 Å². The molecule has 0 radical (unpaired) electrons. The molecule has 0 saturated carbocycles. The van der Waals surface area contributed by atoms with Crippen molar-refractivity contribution in [2.45, 2.75) is 19.0 Å². The number of aryl methyl sites for hydroxylation is 1. The van der Waals surface area contributed by atoms with E-state index in [-0.39, 0.29) is 0 Å². The minimum absolute atomic E-state index is 0.317. The smallest absolute Gasteiger partial charge is 0.0769 e. The molecule has 1 aliphatic rings. The summed E-state index contributed by atoms with van der Waals surface area (Å²) < 4.78 is 1.88. The SMILES string of the molecule is CCNC(c1cnnn1C)C1CSCCN1C. The number of aromatic nitrogens is 3. The van der Waals surface area contributed by atoms with Gasteiger partial charge in [-0.3, -0.25) is 9.58 Å². The Bertz CT molecular complexity index is 353. The molecule has 2 rings (SSSR count). The Morgan fingerprint density at radius 1 is 1.59 bits per heavy atom. The zero-order valence-corrected chi connectivity index (χ0v) is 11.6. The number of hydrogen-bond donors (Lipinski definition) is 1. The van der Waals surface area contributed by atoms with Crippen LogP contribution in [0.4, 0.5) is 0 Å². The first kappa shape index (κ1) is 12.9. The molecule has 0 aliphatic carbocycles. The third-order valence-corrected chi connectivity index (χ3v) is 4.37. The molecule has 1 N–H and O–H groups in total. The van der Waals surface area contributed by atoms with Gasteiger partial charge in [0.15, 0.2) is 0 Å². The molecule has 0 bridgehead atoms. The van der Waals surface area contributed by atoms with Crippen LogP contribution in [0.1, 0.15) is 18.7 Å². The topological polar surface area (TPSA) is 46.0 Å². The van der Waals surface area contributed by atoms with Gasteiger partial charge in [-0.1, -0.05) is 12.1 Å². The molecule has 1 fully saturated rings. The van der Waals surface area contributed by atoms with E-state index in [9.17, 15) is 0 Å². The Labute approximate surface area is 107 Å². The molecule has 6 heteroatoms. The van der Waals surface area contributed by atoms with Gasteiger partial charge in [-0.15, -0.1) is 5.10 Å². The minimum Gasteiger partial charge on any atom is -0.308 e. The number of nitrogens with one attached hydrogen (secondary N) is 1. The molecule has 2 heterocycles. The molecule has 0 spiro atoms. The zero-order chi connectivity index (χ0) is 12.3. The van der Waals surface area contributed by atoms with Crippen molar-refractivity contribution in [2.75, 3.05) is 31.6 Å². The molecule has 2 unspecified atom stereocenters. The lowest BCUT2D eigenvalue weighted by Gasteiger charge is -2.37. The van der Waals surface area contributed by atoms with E-state index in [1.807, 2.05) is 29.7 Å². The number of rotatable bonds is 4. The van der Waals surface area contributed by atoms with Crippen molar-refractivity contribution in [2.24, 2.45) is 7.05 Å². The molecule has 17 heavy (non-hydrogen) atoms. The van der Waals surface area contributed by atoms with E-state index >= 15 is 0 Å². The second-order valence-electron chi connectivity index (χ2n) is 4.44. The van der Waals surface area contributed by atoms with Crippen molar-refractivity contribution in [1.29, 1.82) is 0 Å². The van der Waals surface area contributed by atoms with Crippen LogP contribution >= 0.6 is 11.8 Å². The highest BCUT2D eigenvalue weighted by Crippen LogP contribution is 2.25. The lowest BCUT2D eigenvalue weighted by atomic mass is 10.1. The molecule has 0 aromatic carbocycles. The Morgan fingerprint density at radius 3 is 3.00 bits per heavy atom. The summed E-state index contributed by atoms with van der Waals surface area (Å²) in [5, 5.41) is 11.6. The van der Waals surface area contributed by atoms with Gasteiger partial charge in [0.25, 0.3) is 0 Å². The van der Waals surface area contributed by atoms with Crippen LogP contribution < -0.4 is 5.32 Å². The maximum Gasteiger partial charge on any atom is 0.0769 e. The van der Waals surface area contributed by atoms with E-state index in [2.05, 4.69) is 34.5 Å². The standard InChI is InChI=1S/C11H21N5S/c1-4-12-11(9-7-13-14-16(9)3)10-8-17-6-5-15(10)2/h7,10-12H,4-6,8H2,1-3H3. The lowest BCUT2D eigenvalue weighted by molar-refractivity contribution is 0.212. The summed E-state index contributed by atoms with van der Waals surface area (Å²) >= 11 is 2.03. The van der Waals surface area contributed by atoms with E-state index < -0.39 is 0 Å². The fourth-order valence-corrected chi connectivity index (χ4v) is 3.57. The molecule has 1 aromatic heterocycles. The second-order valence-corrected chi connectivity index (χ2v) is 5.59. The van der Waals surface area contributed by atoms with Gasteiger partial charge in [0.2, 0.25) is 0 Å². The predicted molar refractivity (Wildman–Crippen MR) is 71.2 cm³/mol. The average Bonchev–Trinajstić information content (AvgIpc) is 2.74. The summed E-state index contributed by atoms with van der Waals surface area (Å²) in [6.45, 7) is 4.26. The Balaban J connectivity index is 2.19. The molecular formula is C11H21N5S. The summed E-state index contributed by atoms with van der Waals surface area (Å²) in [6, 6.07) is 0.837. The third kappa shape index (κ3) is 2.81. The van der Waals surface area contributed by atoms with E-state index in [4.69, 9.17) is 0 Å². The van der Waals surface area contributed by atoms with E-state index in [1.165, 1.54) is 17.2 Å². The Morgan fingerprint density at radius 2 is 2.41 bits per heavy atom. The molecule has 96 valence electrons. The van der Waals surface area contributed by atoms with Crippen molar-refractivity contribution in [3.8, 4) is 0 Å². The maximum atomic E-state index is 4.04. The first-order valence-electron chi connectivity index (χ1n) is 6.10. The third-order valence-electron chi connectivity index (χ3n) is 3.32. The van der Waals surface area contributed by atoms with Crippen molar-refractivity contribution in [3.63, 3.8) is 0 Å². The van der Waals surface area contributed by atoms with Gasteiger partial charge in [-0.05, 0) is 13.6 Å². The molecule has 5 nitrogen and oxygen atoms in total. The molecule has 1 saturated heterocycles. The van der Waals surface area contributed by atoms with Crippen LogP contribution in [-0.4, -0.2) is 57.6 Å². The lowest BCUT2D eigenvalue weighted by Crippen LogP contribution is -2.48. The zero-order valence-electron chi connectivity index (χ0n) is 10.8.